The van der Waals surface area contributed by atoms with Crippen molar-refractivity contribution in [2.24, 2.45) is 0 Å². The molecule has 2 aromatic rings. The Morgan fingerprint density at radius 1 is 1.36 bits per heavy atom. The van der Waals surface area contributed by atoms with Gasteiger partial charge in [-0.2, -0.15) is 11.3 Å². The van der Waals surface area contributed by atoms with Crippen molar-refractivity contribution in [2.45, 2.75) is 31.5 Å². The van der Waals surface area contributed by atoms with Crippen molar-refractivity contribution in [1.82, 2.24) is 14.8 Å². The number of aromatic nitrogens is 1. The van der Waals surface area contributed by atoms with E-state index in [4.69, 9.17) is 4.74 Å². The van der Waals surface area contributed by atoms with E-state index < -0.39 is 0 Å². The van der Waals surface area contributed by atoms with Gasteiger partial charge in [0.1, 0.15) is 6.04 Å². The van der Waals surface area contributed by atoms with E-state index in [1.165, 1.54) is 5.56 Å². The summed E-state index contributed by atoms with van der Waals surface area (Å²) in [6.45, 7) is 3.62. The highest BCUT2D eigenvalue weighted by Gasteiger charge is 2.39. The maximum Gasteiger partial charge on any atom is 0.245 e. The Morgan fingerprint density at radius 2 is 2.20 bits per heavy atom. The first-order chi connectivity index (χ1) is 12.3. The van der Waals surface area contributed by atoms with Gasteiger partial charge in [-0.25, -0.2) is 0 Å². The molecule has 1 atom stereocenters. The number of hydrogen-bond donors (Lipinski definition) is 0. The summed E-state index contributed by atoms with van der Waals surface area (Å²) in [5, 5.41) is 4.21. The van der Waals surface area contributed by atoms with Crippen LogP contribution in [0.25, 0.3) is 0 Å². The normalized spacial score (nSPS) is 19.5. The van der Waals surface area contributed by atoms with E-state index in [2.05, 4.69) is 31.6 Å². The van der Waals surface area contributed by atoms with Gasteiger partial charge in [0.2, 0.25) is 5.91 Å². The van der Waals surface area contributed by atoms with Crippen LogP contribution in [0, 0.1) is 0 Å². The largest absolute Gasteiger partial charge is 0.379 e. The van der Waals surface area contributed by atoms with Gasteiger partial charge in [-0.15, -0.1) is 0 Å². The highest BCUT2D eigenvalue weighted by molar-refractivity contribution is 7.07. The van der Waals surface area contributed by atoms with Crippen LogP contribution in [0.3, 0.4) is 0 Å². The minimum absolute atomic E-state index is 0.198. The van der Waals surface area contributed by atoms with Crippen LogP contribution in [0.5, 0.6) is 0 Å². The van der Waals surface area contributed by atoms with Gasteiger partial charge in [0, 0.05) is 38.1 Å². The van der Waals surface area contributed by atoms with Crippen LogP contribution < -0.4 is 0 Å². The average Bonchev–Trinajstić information content (AvgIpc) is 3.37. The van der Waals surface area contributed by atoms with Crippen LogP contribution in [-0.4, -0.2) is 53.0 Å². The Kier molecular flexibility index (Phi) is 5.10. The molecule has 0 spiro atoms. The van der Waals surface area contributed by atoms with E-state index in [1.54, 1.807) is 17.5 Å². The predicted molar refractivity (Wildman–Crippen MR) is 97.3 cm³/mol. The van der Waals surface area contributed by atoms with Gasteiger partial charge in [-0.05, 0) is 46.9 Å². The third-order valence-corrected chi connectivity index (χ3v) is 5.58. The second-order valence-electron chi connectivity index (χ2n) is 6.67. The van der Waals surface area contributed by atoms with Crippen molar-refractivity contribution < 1.29 is 9.53 Å². The Hall–Kier alpha value is -1.76. The Labute approximate surface area is 152 Å². The minimum Gasteiger partial charge on any atom is -0.379 e. The lowest BCUT2D eigenvalue weighted by Crippen LogP contribution is -2.47. The number of pyridine rings is 1. The number of hydrogen-bond acceptors (Lipinski definition) is 5. The molecule has 1 saturated heterocycles. The molecule has 4 rings (SSSR count). The first-order valence-corrected chi connectivity index (χ1v) is 9.80. The van der Waals surface area contributed by atoms with Crippen molar-refractivity contribution >= 4 is 17.2 Å². The zero-order valence-corrected chi connectivity index (χ0v) is 15.0. The van der Waals surface area contributed by atoms with E-state index in [9.17, 15) is 4.79 Å². The summed E-state index contributed by atoms with van der Waals surface area (Å²) in [5.74, 6) is 0.198. The summed E-state index contributed by atoms with van der Waals surface area (Å²) < 4.78 is 5.49. The molecule has 2 fully saturated rings. The molecule has 2 aromatic heterocycles. The lowest BCUT2D eigenvalue weighted by atomic mass is 10.0. The SMILES string of the molecule is O=C([C@H](c1cccnc1)N1CCOCC1)N(Cc1ccsc1)C1CC1. The Morgan fingerprint density at radius 3 is 2.84 bits per heavy atom. The molecule has 0 radical (unpaired) electrons. The fraction of sp³-hybridized carbons (Fsp3) is 0.474. The van der Waals surface area contributed by atoms with Crippen LogP contribution in [0.4, 0.5) is 0 Å². The first kappa shape index (κ1) is 16.7. The van der Waals surface area contributed by atoms with Crippen molar-refractivity contribution in [1.29, 1.82) is 0 Å². The average molecular weight is 357 g/mol. The molecular weight excluding hydrogens is 334 g/mol. The molecule has 0 N–H and O–H groups in total. The molecule has 5 nitrogen and oxygen atoms in total. The number of carbonyl (C=O) groups excluding carboxylic acids is 1. The van der Waals surface area contributed by atoms with Gasteiger partial charge >= 0.3 is 0 Å². The highest BCUT2D eigenvalue weighted by Crippen LogP contribution is 2.33. The highest BCUT2D eigenvalue weighted by atomic mass is 32.1. The topological polar surface area (TPSA) is 45.7 Å². The van der Waals surface area contributed by atoms with E-state index in [1.807, 2.05) is 18.3 Å². The summed E-state index contributed by atoms with van der Waals surface area (Å²) in [6.07, 6.45) is 5.81. The molecule has 1 aliphatic heterocycles. The Bertz CT molecular complexity index is 682. The molecule has 25 heavy (non-hydrogen) atoms. The van der Waals surface area contributed by atoms with Crippen molar-refractivity contribution in [3.63, 3.8) is 0 Å². The number of rotatable bonds is 6. The third kappa shape index (κ3) is 3.92. The minimum atomic E-state index is -0.267. The maximum atomic E-state index is 13.6. The van der Waals surface area contributed by atoms with Crippen molar-refractivity contribution in [3.05, 3.63) is 52.5 Å². The lowest BCUT2D eigenvalue weighted by Gasteiger charge is -2.36. The molecule has 1 saturated carbocycles. The fourth-order valence-corrected chi connectivity index (χ4v) is 4.05. The van der Waals surface area contributed by atoms with Crippen molar-refractivity contribution in [2.75, 3.05) is 26.3 Å². The Balaban J connectivity index is 1.61. The van der Waals surface area contributed by atoms with Crippen LogP contribution in [0.2, 0.25) is 0 Å². The maximum absolute atomic E-state index is 13.6. The predicted octanol–water partition coefficient (Wildman–Crippen LogP) is 2.71. The van der Waals surface area contributed by atoms with E-state index in [0.29, 0.717) is 25.8 Å². The molecule has 3 heterocycles. The summed E-state index contributed by atoms with van der Waals surface area (Å²) in [5.41, 5.74) is 2.20. The second kappa shape index (κ2) is 7.64. The zero-order valence-electron chi connectivity index (χ0n) is 14.2. The van der Waals surface area contributed by atoms with Crippen LogP contribution >= 0.6 is 11.3 Å². The zero-order chi connectivity index (χ0) is 17.1. The standard InChI is InChI=1S/C19H23N3O2S/c23-19(22(17-3-4-17)13-15-5-11-25-14-15)18(16-2-1-6-20-12-16)21-7-9-24-10-8-21/h1-2,5-6,11-12,14,17-18H,3-4,7-10,13H2/t18-/m0/s1. The molecule has 1 aliphatic carbocycles. The lowest BCUT2D eigenvalue weighted by molar-refractivity contribution is -0.140. The number of amides is 1. The molecule has 2 aliphatic rings. The summed E-state index contributed by atoms with van der Waals surface area (Å²) in [7, 11) is 0. The quantitative estimate of drug-likeness (QED) is 0.797. The molecule has 6 heteroatoms. The van der Waals surface area contributed by atoms with Gasteiger partial charge < -0.3 is 9.64 Å². The number of thiophene rings is 1. The van der Waals surface area contributed by atoms with E-state index >= 15 is 0 Å². The number of morpholine rings is 1. The molecule has 0 bridgehead atoms. The van der Waals surface area contributed by atoms with Gasteiger partial charge in [0.25, 0.3) is 0 Å². The van der Waals surface area contributed by atoms with Gasteiger partial charge in [0.15, 0.2) is 0 Å². The van der Waals surface area contributed by atoms with E-state index in [-0.39, 0.29) is 11.9 Å². The molecule has 132 valence electrons. The van der Waals surface area contributed by atoms with Crippen molar-refractivity contribution in [3.8, 4) is 0 Å². The number of ether oxygens (including phenoxy) is 1. The molecule has 1 amide bonds. The van der Waals surface area contributed by atoms with Crippen LogP contribution in [-0.2, 0) is 16.1 Å². The van der Waals surface area contributed by atoms with Crippen LogP contribution in [0.15, 0.2) is 41.4 Å². The second-order valence-corrected chi connectivity index (χ2v) is 7.45. The molecule has 0 aromatic carbocycles. The fourth-order valence-electron chi connectivity index (χ4n) is 3.39. The number of nitrogens with zero attached hydrogens (tertiary/aromatic N) is 3. The smallest absolute Gasteiger partial charge is 0.245 e. The summed E-state index contributed by atoms with van der Waals surface area (Å²) in [6, 6.07) is 6.16. The monoisotopic (exact) mass is 357 g/mol. The first-order valence-electron chi connectivity index (χ1n) is 8.86. The summed E-state index contributed by atoms with van der Waals surface area (Å²) in [4.78, 5) is 22.1. The van der Waals surface area contributed by atoms with Gasteiger partial charge in [-0.1, -0.05) is 6.07 Å². The molecule has 0 unspecified atom stereocenters. The summed E-state index contributed by atoms with van der Waals surface area (Å²) >= 11 is 1.68. The van der Waals surface area contributed by atoms with E-state index in [0.717, 1.165) is 31.5 Å². The third-order valence-electron chi connectivity index (χ3n) is 4.85. The molecular formula is C19H23N3O2S. The van der Waals surface area contributed by atoms with Crippen LogP contribution in [0.1, 0.15) is 30.0 Å². The van der Waals surface area contributed by atoms with Gasteiger partial charge in [0.05, 0.1) is 13.2 Å². The number of carbonyl (C=O) groups is 1. The van der Waals surface area contributed by atoms with Gasteiger partial charge in [-0.3, -0.25) is 14.7 Å².